The van der Waals surface area contributed by atoms with Crippen LogP contribution in [0.2, 0.25) is 0 Å². The van der Waals surface area contributed by atoms with Gasteiger partial charge in [-0.1, -0.05) is 0 Å². The maximum Gasteiger partial charge on any atom is 0.156 e. The van der Waals surface area contributed by atoms with E-state index in [0.717, 1.165) is 32.7 Å². The SMILES string of the molecule is COCCCOCCN1CCOC(C#N)C1. The molecule has 1 atom stereocenters. The maximum absolute atomic E-state index is 8.73. The van der Waals surface area contributed by atoms with Crippen molar-refractivity contribution in [3.63, 3.8) is 0 Å². The first kappa shape index (κ1) is 13.4. The summed E-state index contributed by atoms with van der Waals surface area (Å²) in [7, 11) is 1.69. The van der Waals surface area contributed by atoms with Crippen LogP contribution in [0.1, 0.15) is 6.42 Å². The lowest BCUT2D eigenvalue weighted by molar-refractivity contribution is -0.0114. The number of morpholine rings is 1. The largest absolute Gasteiger partial charge is 0.385 e. The third kappa shape index (κ3) is 5.42. The molecule has 0 aromatic rings. The van der Waals surface area contributed by atoms with E-state index >= 15 is 0 Å². The van der Waals surface area contributed by atoms with Gasteiger partial charge in [0.1, 0.15) is 0 Å². The van der Waals surface area contributed by atoms with E-state index in [-0.39, 0.29) is 6.10 Å². The quantitative estimate of drug-likeness (QED) is 0.585. The number of methoxy groups -OCH3 is 1. The normalized spacial score (nSPS) is 21.9. The third-order valence-electron chi connectivity index (χ3n) is 2.48. The van der Waals surface area contributed by atoms with E-state index in [1.165, 1.54) is 0 Å². The molecule has 0 bridgehead atoms. The fourth-order valence-electron chi connectivity index (χ4n) is 1.58. The van der Waals surface area contributed by atoms with Gasteiger partial charge in [0, 0.05) is 40.0 Å². The molecule has 1 fully saturated rings. The molecule has 1 saturated heterocycles. The molecule has 1 aliphatic heterocycles. The predicted octanol–water partition coefficient (Wildman–Crippen LogP) is 0.264. The highest BCUT2D eigenvalue weighted by Crippen LogP contribution is 2.03. The first-order valence-electron chi connectivity index (χ1n) is 5.67. The minimum Gasteiger partial charge on any atom is -0.385 e. The molecule has 92 valence electrons. The van der Waals surface area contributed by atoms with Crippen LogP contribution in [0.4, 0.5) is 0 Å². The van der Waals surface area contributed by atoms with Crippen molar-refractivity contribution in [1.29, 1.82) is 5.26 Å². The zero-order valence-corrected chi connectivity index (χ0v) is 9.85. The molecule has 1 rings (SSSR count). The zero-order chi connectivity index (χ0) is 11.6. The van der Waals surface area contributed by atoms with Gasteiger partial charge in [0.25, 0.3) is 0 Å². The van der Waals surface area contributed by atoms with Crippen LogP contribution in [0.25, 0.3) is 0 Å². The summed E-state index contributed by atoms with van der Waals surface area (Å²) in [5.41, 5.74) is 0. The van der Waals surface area contributed by atoms with Gasteiger partial charge in [-0.3, -0.25) is 4.90 Å². The van der Waals surface area contributed by atoms with Crippen LogP contribution in [-0.2, 0) is 14.2 Å². The topological polar surface area (TPSA) is 54.7 Å². The van der Waals surface area contributed by atoms with Gasteiger partial charge in [-0.15, -0.1) is 0 Å². The van der Waals surface area contributed by atoms with Crippen molar-refractivity contribution in [3.8, 4) is 6.07 Å². The van der Waals surface area contributed by atoms with E-state index in [1.807, 2.05) is 0 Å². The Morgan fingerprint density at radius 2 is 2.31 bits per heavy atom. The van der Waals surface area contributed by atoms with Crippen LogP contribution in [0.3, 0.4) is 0 Å². The first-order valence-corrected chi connectivity index (χ1v) is 5.67. The Morgan fingerprint density at radius 1 is 1.44 bits per heavy atom. The van der Waals surface area contributed by atoms with Crippen LogP contribution in [0.5, 0.6) is 0 Å². The molecule has 0 amide bonds. The summed E-state index contributed by atoms with van der Waals surface area (Å²) < 4.78 is 15.6. The molecule has 1 aliphatic rings. The van der Waals surface area contributed by atoms with Gasteiger partial charge in [-0.05, 0) is 6.42 Å². The molecule has 1 unspecified atom stereocenters. The summed E-state index contributed by atoms with van der Waals surface area (Å²) in [5.74, 6) is 0. The van der Waals surface area contributed by atoms with Crippen molar-refractivity contribution in [2.24, 2.45) is 0 Å². The number of nitrogens with zero attached hydrogens (tertiary/aromatic N) is 2. The summed E-state index contributed by atoms with van der Waals surface area (Å²) in [5, 5.41) is 8.73. The lowest BCUT2D eigenvalue weighted by Crippen LogP contribution is -2.43. The standard InChI is InChI=1S/C11H20N2O3/c1-14-5-2-6-15-7-3-13-4-8-16-11(9-12)10-13/h11H,2-8,10H2,1H3. The van der Waals surface area contributed by atoms with E-state index in [2.05, 4.69) is 11.0 Å². The second kappa shape index (κ2) is 8.48. The lowest BCUT2D eigenvalue weighted by Gasteiger charge is -2.29. The van der Waals surface area contributed by atoms with Gasteiger partial charge in [0.15, 0.2) is 6.10 Å². The smallest absolute Gasteiger partial charge is 0.156 e. The summed E-state index contributed by atoms with van der Waals surface area (Å²) in [6, 6.07) is 2.13. The van der Waals surface area contributed by atoms with E-state index < -0.39 is 0 Å². The van der Waals surface area contributed by atoms with Gasteiger partial charge >= 0.3 is 0 Å². The first-order chi connectivity index (χ1) is 7.86. The molecule has 16 heavy (non-hydrogen) atoms. The highest BCUT2D eigenvalue weighted by Gasteiger charge is 2.19. The number of nitriles is 1. The Balaban J connectivity index is 1.98. The van der Waals surface area contributed by atoms with E-state index in [9.17, 15) is 0 Å². The second-order valence-electron chi connectivity index (χ2n) is 3.75. The molecule has 0 N–H and O–H groups in total. The van der Waals surface area contributed by atoms with Crippen molar-refractivity contribution < 1.29 is 14.2 Å². The number of ether oxygens (including phenoxy) is 3. The fourth-order valence-corrected chi connectivity index (χ4v) is 1.58. The average Bonchev–Trinajstić information content (AvgIpc) is 2.34. The molecule has 1 heterocycles. The molecule has 0 saturated carbocycles. The van der Waals surface area contributed by atoms with Crippen LogP contribution in [0.15, 0.2) is 0 Å². The Morgan fingerprint density at radius 3 is 3.06 bits per heavy atom. The Kier molecular flexibility index (Phi) is 7.10. The Labute approximate surface area is 96.9 Å². The lowest BCUT2D eigenvalue weighted by atomic mass is 10.3. The predicted molar refractivity (Wildman–Crippen MR) is 59.1 cm³/mol. The van der Waals surface area contributed by atoms with E-state index in [1.54, 1.807) is 7.11 Å². The number of hydrogen-bond donors (Lipinski definition) is 0. The van der Waals surface area contributed by atoms with Gasteiger partial charge in [-0.2, -0.15) is 5.26 Å². The van der Waals surface area contributed by atoms with Crippen molar-refractivity contribution in [2.75, 3.05) is 53.2 Å². The van der Waals surface area contributed by atoms with Crippen molar-refractivity contribution in [1.82, 2.24) is 4.90 Å². The minimum absolute atomic E-state index is 0.276. The molecule has 0 spiro atoms. The monoisotopic (exact) mass is 228 g/mol. The van der Waals surface area contributed by atoms with Gasteiger partial charge in [0.05, 0.1) is 19.3 Å². The van der Waals surface area contributed by atoms with Gasteiger partial charge in [-0.25, -0.2) is 0 Å². The summed E-state index contributed by atoms with van der Waals surface area (Å²) >= 11 is 0. The molecule has 5 nitrogen and oxygen atoms in total. The highest BCUT2D eigenvalue weighted by atomic mass is 16.5. The summed E-state index contributed by atoms with van der Waals surface area (Å²) in [4.78, 5) is 2.20. The van der Waals surface area contributed by atoms with Crippen LogP contribution in [-0.4, -0.2) is 64.2 Å². The third-order valence-corrected chi connectivity index (χ3v) is 2.48. The van der Waals surface area contributed by atoms with Crippen LogP contribution < -0.4 is 0 Å². The van der Waals surface area contributed by atoms with Crippen molar-refractivity contribution >= 4 is 0 Å². The second-order valence-corrected chi connectivity index (χ2v) is 3.75. The molecule has 0 aromatic carbocycles. The number of hydrogen-bond acceptors (Lipinski definition) is 5. The molecule has 0 radical (unpaired) electrons. The molecular weight excluding hydrogens is 208 g/mol. The van der Waals surface area contributed by atoms with Crippen LogP contribution in [0, 0.1) is 11.3 Å². The summed E-state index contributed by atoms with van der Waals surface area (Å²) in [6.07, 6.45) is 0.655. The average molecular weight is 228 g/mol. The van der Waals surface area contributed by atoms with E-state index in [4.69, 9.17) is 19.5 Å². The minimum atomic E-state index is -0.276. The zero-order valence-electron chi connectivity index (χ0n) is 9.85. The Hall–Kier alpha value is -0.670. The highest BCUT2D eigenvalue weighted by molar-refractivity contribution is 4.89. The molecule has 0 aliphatic carbocycles. The molecule has 5 heteroatoms. The Bertz CT molecular complexity index is 218. The van der Waals surface area contributed by atoms with Gasteiger partial charge < -0.3 is 14.2 Å². The number of rotatable bonds is 7. The van der Waals surface area contributed by atoms with Crippen molar-refractivity contribution in [2.45, 2.75) is 12.5 Å². The fraction of sp³-hybridized carbons (Fsp3) is 0.909. The van der Waals surface area contributed by atoms with Crippen molar-refractivity contribution in [3.05, 3.63) is 0 Å². The molecular formula is C11H20N2O3. The summed E-state index contributed by atoms with van der Waals surface area (Å²) in [6.45, 7) is 5.28. The van der Waals surface area contributed by atoms with Gasteiger partial charge in [0.2, 0.25) is 0 Å². The van der Waals surface area contributed by atoms with E-state index in [0.29, 0.717) is 19.8 Å². The van der Waals surface area contributed by atoms with Crippen LogP contribution >= 0.6 is 0 Å². The molecule has 0 aromatic heterocycles. The maximum atomic E-state index is 8.73.